The number of aromatic amines is 1. The van der Waals surface area contributed by atoms with E-state index in [1.165, 1.54) is 6.20 Å². The van der Waals surface area contributed by atoms with Crippen molar-refractivity contribution in [1.29, 1.82) is 0 Å². The Morgan fingerprint density at radius 2 is 1.97 bits per heavy atom. The Morgan fingerprint density at radius 1 is 1.18 bits per heavy atom. The van der Waals surface area contributed by atoms with Gasteiger partial charge in [0.1, 0.15) is 11.5 Å². The molecule has 0 unspecified atom stereocenters. The molecule has 0 amide bonds. The molecule has 3 aromatic heterocycles. The Hall–Kier alpha value is -3.11. The lowest BCUT2D eigenvalue weighted by Gasteiger charge is -2.36. The van der Waals surface area contributed by atoms with Gasteiger partial charge in [0.15, 0.2) is 17.7 Å². The van der Waals surface area contributed by atoms with Crippen LogP contribution in [-0.2, 0) is 0 Å². The van der Waals surface area contributed by atoms with Gasteiger partial charge >= 0.3 is 0 Å². The molecule has 176 valence electrons. The Bertz CT molecular complexity index is 1360. The van der Waals surface area contributed by atoms with E-state index in [2.05, 4.69) is 20.2 Å². The molecule has 11 heteroatoms. The van der Waals surface area contributed by atoms with Crippen LogP contribution in [0.15, 0.2) is 36.7 Å². The van der Waals surface area contributed by atoms with Crippen molar-refractivity contribution in [1.82, 2.24) is 20.2 Å². The van der Waals surface area contributed by atoms with Gasteiger partial charge in [-0.05, 0) is 25.1 Å². The van der Waals surface area contributed by atoms with Crippen molar-refractivity contribution in [2.24, 2.45) is 5.73 Å². The van der Waals surface area contributed by atoms with Gasteiger partial charge in [0.05, 0.1) is 34.5 Å². The van der Waals surface area contributed by atoms with E-state index in [0.29, 0.717) is 51.6 Å². The highest BCUT2D eigenvalue weighted by Gasteiger charge is 2.26. The second-order valence-electron chi connectivity index (χ2n) is 8.04. The van der Waals surface area contributed by atoms with Crippen LogP contribution in [0.25, 0.3) is 22.2 Å². The number of nitrogens with one attached hydrogen (secondary N) is 1. The quantitative estimate of drug-likeness (QED) is 0.341. The average molecular weight is 501 g/mol. The van der Waals surface area contributed by atoms with Crippen LogP contribution >= 0.6 is 23.2 Å². The predicted octanol–water partition coefficient (Wildman–Crippen LogP) is 3.86. The van der Waals surface area contributed by atoms with Gasteiger partial charge in [-0.25, -0.2) is 4.98 Å². The first-order chi connectivity index (χ1) is 16.4. The number of anilines is 1. The molecule has 1 aliphatic heterocycles. The van der Waals surface area contributed by atoms with Crippen molar-refractivity contribution in [2.75, 3.05) is 25.1 Å². The molecular formula is C23H22Cl2N6O3. The van der Waals surface area contributed by atoms with Crippen LogP contribution in [0, 0.1) is 6.92 Å². The number of β-amino-alcohol motifs (C(OH)–C–C–N with tert-alkyl or cyclic N) is 1. The number of pyridine rings is 2. The van der Waals surface area contributed by atoms with E-state index >= 15 is 0 Å². The lowest BCUT2D eigenvalue weighted by atomic mass is 10.1. The highest BCUT2D eigenvalue weighted by molar-refractivity contribution is 6.36. The molecule has 5 rings (SSSR count). The third kappa shape index (κ3) is 4.01. The zero-order chi connectivity index (χ0) is 24.0. The zero-order valence-electron chi connectivity index (χ0n) is 18.4. The van der Waals surface area contributed by atoms with Crippen molar-refractivity contribution in [3.05, 3.63) is 58.0 Å². The first-order valence-electron chi connectivity index (χ1n) is 10.5. The molecule has 4 heterocycles. The summed E-state index contributed by atoms with van der Waals surface area (Å²) in [7, 11) is 1.54. The molecule has 9 nitrogen and oxygen atoms in total. The molecule has 0 aliphatic carbocycles. The summed E-state index contributed by atoms with van der Waals surface area (Å²) in [5, 5.41) is 18.5. The number of fused-ring (bicyclic) bond motifs is 1. The molecule has 0 bridgehead atoms. The number of nitrogens with zero attached hydrogens (tertiary/aromatic N) is 4. The second-order valence-corrected chi connectivity index (χ2v) is 8.83. The van der Waals surface area contributed by atoms with E-state index in [4.69, 9.17) is 38.4 Å². The fourth-order valence-electron chi connectivity index (χ4n) is 3.89. The van der Waals surface area contributed by atoms with Gasteiger partial charge in [0.2, 0.25) is 0 Å². The fourth-order valence-corrected chi connectivity index (χ4v) is 4.45. The van der Waals surface area contributed by atoms with E-state index < -0.39 is 6.23 Å². The molecule has 4 aromatic rings. The van der Waals surface area contributed by atoms with Gasteiger partial charge in [0.25, 0.3) is 0 Å². The van der Waals surface area contributed by atoms with Crippen molar-refractivity contribution >= 4 is 39.9 Å². The number of ether oxygens (including phenoxy) is 2. The normalized spacial score (nSPS) is 14.8. The Morgan fingerprint density at radius 3 is 2.65 bits per heavy atom. The SMILES string of the molecule is COc1cc2[nH]nc(-c3ccc(N4CC(O)C4)nc3)c2cc1O[C@H](N)c1c(Cl)cnc(C)c1Cl. The number of aromatic nitrogens is 4. The molecule has 1 aliphatic rings. The zero-order valence-corrected chi connectivity index (χ0v) is 19.9. The minimum atomic E-state index is -0.948. The summed E-state index contributed by atoms with van der Waals surface area (Å²) in [5.41, 5.74) is 9.67. The fraction of sp³-hybridized carbons (Fsp3) is 0.261. The molecule has 0 spiro atoms. The topological polar surface area (TPSA) is 122 Å². The number of methoxy groups -OCH3 is 1. The lowest BCUT2D eigenvalue weighted by Crippen LogP contribution is -2.51. The van der Waals surface area contributed by atoms with E-state index in [1.54, 1.807) is 26.3 Å². The maximum absolute atomic E-state index is 9.52. The number of rotatable bonds is 6. The van der Waals surface area contributed by atoms with E-state index in [0.717, 1.165) is 22.3 Å². The van der Waals surface area contributed by atoms with Gasteiger partial charge in [0, 0.05) is 48.1 Å². The van der Waals surface area contributed by atoms with Crippen molar-refractivity contribution in [3.63, 3.8) is 0 Å². The molecule has 1 saturated heterocycles. The number of H-pyrrole nitrogens is 1. The monoisotopic (exact) mass is 500 g/mol. The average Bonchev–Trinajstić information content (AvgIpc) is 3.22. The van der Waals surface area contributed by atoms with Gasteiger partial charge in [-0.15, -0.1) is 0 Å². The molecule has 0 saturated carbocycles. The van der Waals surface area contributed by atoms with Crippen LogP contribution in [0.4, 0.5) is 5.82 Å². The van der Waals surface area contributed by atoms with E-state index in [1.807, 2.05) is 23.1 Å². The first kappa shape index (κ1) is 22.7. The Balaban J connectivity index is 1.49. The minimum absolute atomic E-state index is 0.294. The number of hydrogen-bond acceptors (Lipinski definition) is 8. The summed E-state index contributed by atoms with van der Waals surface area (Å²) in [6, 6.07) is 7.45. The van der Waals surface area contributed by atoms with E-state index in [-0.39, 0.29) is 6.10 Å². The second kappa shape index (κ2) is 8.92. The van der Waals surface area contributed by atoms with Gasteiger partial charge in [-0.3, -0.25) is 15.8 Å². The summed E-state index contributed by atoms with van der Waals surface area (Å²) in [6.45, 7) is 2.94. The third-order valence-electron chi connectivity index (χ3n) is 5.78. The highest BCUT2D eigenvalue weighted by atomic mass is 35.5. The highest BCUT2D eigenvalue weighted by Crippen LogP contribution is 2.39. The molecule has 1 aromatic carbocycles. The maximum atomic E-state index is 9.52. The first-order valence-corrected chi connectivity index (χ1v) is 11.3. The van der Waals surface area contributed by atoms with E-state index in [9.17, 15) is 5.11 Å². The van der Waals surface area contributed by atoms with Crippen LogP contribution in [0.5, 0.6) is 11.5 Å². The summed E-state index contributed by atoms with van der Waals surface area (Å²) in [4.78, 5) is 10.7. The summed E-state index contributed by atoms with van der Waals surface area (Å²) >= 11 is 12.7. The van der Waals surface area contributed by atoms with Crippen LogP contribution in [0.2, 0.25) is 10.0 Å². The number of hydrogen-bond donors (Lipinski definition) is 3. The Labute approximate surface area is 205 Å². The number of halogens is 2. The van der Waals surface area contributed by atoms with Crippen molar-refractivity contribution in [2.45, 2.75) is 19.3 Å². The van der Waals surface area contributed by atoms with Crippen LogP contribution in [-0.4, -0.2) is 51.6 Å². The standard InChI is InChI=1S/C23H22Cl2N6O3/c1-11-21(25)20(15(24)8-27-11)23(26)34-18-5-14-16(6-17(18)33-2)29-30-22(14)12-3-4-19(28-7-12)31-9-13(32)10-31/h3-8,13,23,32H,9-10,26H2,1-2H3,(H,29,30)/t23-/m0/s1. The van der Waals surface area contributed by atoms with Crippen LogP contribution in [0.1, 0.15) is 17.5 Å². The summed E-state index contributed by atoms with van der Waals surface area (Å²) in [5.74, 6) is 1.69. The summed E-state index contributed by atoms with van der Waals surface area (Å²) in [6.07, 6.45) is 2.01. The number of nitrogens with two attached hydrogens (primary N) is 1. The van der Waals surface area contributed by atoms with Crippen molar-refractivity contribution < 1.29 is 14.6 Å². The van der Waals surface area contributed by atoms with Crippen molar-refractivity contribution in [3.8, 4) is 22.8 Å². The van der Waals surface area contributed by atoms with Gasteiger partial charge < -0.3 is 19.5 Å². The lowest BCUT2D eigenvalue weighted by molar-refractivity contribution is 0.141. The molecule has 34 heavy (non-hydrogen) atoms. The molecule has 4 N–H and O–H groups in total. The molecule has 1 atom stereocenters. The molecule has 0 radical (unpaired) electrons. The number of aliphatic hydroxyl groups excluding tert-OH is 1. The molecule has 1 fully saturated rings. The molecular weight excluding hydrogens is 479 g/mol. The van der Waals surface area contributed by atoms with Gasteiger partial charge in [-0.1, -0.05) is 23.2 Å². The van der Waals surface area contributed by atoms with Crippen LogP contribution in [0.3, 0.4) is 0 Å². The smallest absolute Gasteiger partial charge is 0.177 e. The summed E-state index contributed by atoms with van der Waals surface area (Å²) < 4.78 is 11.6. The largest absolute Gasteiger partial charge is 0.493 e. The van der Waals surface area contributed by atoms with Crippen LogP contribution < -0.4 is 20.1 Å². The third-order valence-corrected chi connectivity index (χ3v) is 6.55. The minimum Gasteiger partial charge on any atom is -0.493 e. The predicted molar refractivity (Wildman–Crippen MR) is 131 cm³/mol. The van der Waals surface area contributed by atoms with Gasteiger partial charge in [-0.2, -0.15) is 5.10 Å². The number of aliphatic hydroxyl groups is 1. The number of benzene rings is 1. The number of aryl methyl sites for hydroxylation is 1. The Kier molecular flexibility index (Phi) is 5.95. The maximum Gasteiger partial charge on any atom is 0.177 e.